The van der Waals surface area contributed by atoms with E-state index >= 15 is 4.39 Å². The lowest BCUT2D eigenvalue weighted by Crippen LogP contribution is -2.39. The van der Waals surface area contributed by atoms with Crippen LogP contribution in [0.1, 0.15) is 81.6 Å². The van der Waals surface area contributed by atoms with Crippen molar-refractivity contribution in [1.82, 2.24) is 25.3 Å². The highest BCUT2D eigenvalue weighted by molar-refractivity contribution is 5.95. The first kappa shape index (κ1) is 25.5. The first-order chi connectivity index (χ1) is 16.9. The van der Waals surface area contributed by atoms with Gasteiger partial charge in [-0.05, 0) is 64.5 Å². The summed E-state index contributed by atoms with van der Waals surface area (Å²) < 4.78 is 21.2. The maximum absolute atomic E-state index is 15.7. The van der Waals surface area contributed by atoms with Crippen molar-refractivity contribution < 1.29 is 23.8 Å². The molecule has 0 aliphatic heterocycles. The Morgan fingerprint density at radius 2 is 1.86 bits per heavy atom. The second-order valence-corrected chi connectivity index (χ2v) is 10.6. The zero-order valence-electron chi connectivity index (χ0n) is 21.2. The normalized spacial score (nSPS) is 19.2. The Labute approximate surface area is 208 Å². The summed E-state index contributed by atoms with van der Waals surface area (Å²) in [4.78, 5) is 40.1. The van der Waals surface area contributed by atoms with Crippen LogP contribution >= 0.6 is 0 Å². The number of aromatic nitrogens is 4. The van der Waals surface area contributed by atoms with E-state index in [2.05, 4.69) is 32.2 Å². The maximum atomic E-state index is 15.7. The fourth-order valence-electron chi connectivity index (χ4n) is 4.71. The largest absolute Gasteiger partial charge is 0.476 e. The smallest absolute Gasteiger partial charge is 0.408 e. The van der Waals surface area contributed by atoms with Crippen LogP contribution in [0.5, 0.6) is 0 Å². The number of hydrogen-bond acceptors (Lipinski definition) is 6. The van der Waals surface area contributed by atoms with E-state index in [4.69, 9.17) is 4.74 Å². The summed E-state index contributed by atoms with van der Waals surface area (Å²) >= 11 is 0. The number of aromatic amines is 1. The first-order valence-electron chi connectivity index (χ1n) is 12.2. The number of hydrogen-bond donors (Lipinski definition) is 3. The third kappa shape index (κ3) is 5.47. The van der Waals surface area contributed by atoms with Crippen LogP contribution in [0.15, 0.2) is 18.3 Å². The van der Waals surface area contributed by atoms with Gasteiger partial charge < -0.3 is 20.1 Å². The lowest BCUT2D eigenvalue weighted by molar-refractivity contribution is 0.0468. The van der Waals surface area contributed by atoms with Crippen LogP contribution in [-0.4, -0.2) is 42.7 Å². The molecule has 9 nitrogen and oxygen atoms in total. The van der Waals surface area contributed by atoms with Crippen LogP contribution in [-0.2, 0) is 4.74 Å². The van der Waals surface area contributed by atoms with E-state index in [9.17, 15) is 14.7 Å². The fourth-order valence-corrected chi connectivity index (χ4v) is 4.71. The van der Waals surface area contributed by atoms with Crippen molar-refractivity contribution >= 4 is 23.1 Å². The second kappa shape index (κ2) is 9.83. The summed E-state index contributed by atoms with van der Waals surface area (Å²) in [5, 5.41) is 12.5. The van der Waals surface area contributed by atoms with Crippen molar-refractivity contribution in [2.45, 2.75) is 71.9 Å². The summed E-state index contributed by atoms with van der Waals surface area (Å²) in [6, 6.07) is 2.64. The predicted octanol–water partition coefficient (Wildman–Crippen LogP) is 5.56. The van der Waals surface area contributed by atoms with Gasteiger partial charge in [0, 0.05) is 17.3 Å². The highest BCUT2D eigenvalue weighted by Gasteiger charge is 2.32. The zero-order chi connectivity index (χ0) is 26.2. The third-order valence-corrected chi connectivity index (χ3v) is 6.51. The Morgan fingerprint density at radius 3 is 2.50 bits per heavy atom. The maximum Gasteiger partial charge on any atom is 0.408 e. The average Bonchev–Trinajstić information content (AvgIpc) is 3.22. The second-order valence-electron chi connectivity index (χ2n) is 10.6. The minimum atomic E-state index is -1.27. The number of carbonyl (C=O) groups is 2. The molecule has 10 heteroatoms. The Hall–Kier alpha value is -3.56. The standard InChI is InChI=1S/C26H32FN5O4/c1-13-6-8-15(9-7-13)20(32-25(35)36-26(3,4)5)23-30-18-11-10-16(19(27)22(18)31-23)17-12-28-14(2)29-21(17)24(33)34/h10-13,15,20H,6-9H2,1-5H3,(H,30,31)(H,32,35)(H,33,34). The van der Waals surface area contributed by atoms with Gasteiger partial charge in [-0.2, -0.15) is 0 Å². The Morgan fingerprint density at radius 1 is 1.17 bits per heavy atom. The van der Waals surface area contributed by atoms with Gasteiger partial charge in [0.05, 0.1) is 11.6 Å². The molecule has 4 rings (SSSR count). The Bertz CT molecular complexity index is 1290. The molecule has 1 aliphatic rings. The van der Waals surface area contributed by atoms with E-state index in [1.807, 2.05) is 0 Å². The molecule has 2 heterocycles. The molecule has 0 spiro atoms. The lowest BCUT2D eigenvalue weighted by Gasteiger charge is -2.32. The van der Waals surface area contributed by atoms with Crippen LogP contribution in [0.4, 0.5) is 9.18 Å². The van der Waals surface area contributed by atoms with E-state index in [0.29, 0.717) is 17.3 Å². The molecule has 0 radical (unpaired) electrons. The van der Waals surface area contributed by atoms with Crippen molar-refractivity contribution in [3.8, 4) is 11.1 Å². The molecule has 1 saturated carbocycles. The fraction of sp³-hybridized carbons (Fsp3) is 0.500. The number of rotatable bonds is 5. The number of alkyl carbamates (subject to hydrolysis) is 1. The van der Waals surface area contributed by atoms with Gasteiger partial charge in [-0.25, -0.2) is 28.9 Å². The molecule has 1 amide bonds. The molecule has 0 bridgehead atoms. The van der Waals surface area contributed by atoms with E-state index in [1.54, 1.807) is 33.8 Å². The van der Waals surface area contributed by atoms with Gasteiger partial charge in [0.25, 0.3) is 0 Å². The Kier molecular flexibility index (Phi) is 6.97. The quantitative estimate of drug-likeness (QED) is 0.421. The highest BCUT2D eigenvalue weighted by Crippen LogP contribution is 2.37. The molecular weight excluding hydrogens is 465 g/mol. The topological polar surface area (TPSA) is 130 Å². The summed E-state index contributed by atoms with van der Waals surface area (Å²) in [5.41, 5.74) is -0.334. The molecule has 2 aromatic heterocycles. The number of fused-ring (bicyclic) bond motifs is 1. The number of nitrogens with one attached hydrogen (secondary N) is 2. The van der Waals surface area contributed by atoms with Gasteiger partial charge in [0.2, 0.25) is 0 Å². The van der Waals surface area contributed by atoms with Crippen molar-refractivity contribution in [1.29, 1.82) is 0 Å². The van der Waals surface area contributed by atoms with E-state index in [0.717, 1.165) is 25.7 Å². The average molecular weight is 498 g/mol. The molecule has 3 aromatic rings. The number of aryl methyl sites for hydroxylation is 1. The number of benzene rings is 1. The van der Waals surface area contributed by atoms with Gasteiger partial charge >= 0.3 is 12.1 Å². The number of carboxylic acids is 1. The highest BCUT2D eigenvalue weighted by atomic mass is 19.1. The zero-order valence-corrected chi connectivity index (χ0v) is 21.2. The summed E-state index contributed by atoms with van der Waals surface area (Å²) in [6.45, 7) is 9.16. The van der Waals surface area contributed by atoms with Crippen LogP contribution in [0.2, 0.25) is 0 Å². The predicted molar refractivity (Wildman–Crippen MR) is 132 cm³/mol. The molecule has 1 fully saturated rings. The SMILES string of the molecule is Cc1ncc(-c2ccc3[nH]c(C(NC(=O)OC(C)(C)C)C4CCC(C)CC4)nc3c2F)c(C(=O)O)n1. The molecule has 36 heavy (non-hydrogen) atoms. The van der Waals surface area contributed by atoms with Crippen LogP contribution in [0.25, 0.3) is 22.2 Å². The van der Waals surface area contributed by atoms with Gasteiger partial charge in [0.1, 0.15) is 22.8 Å². The first-order valence-corrected chi connectivity index (χ1v) is 12.2. The van der Waals surface area contributed by atoms with Crippen LogP contribution in [0, 0.1) is 24.6 Å². The molecular formula is C26H32FN5O4. The number of halogens is 1. The van der Waals surface area contributed by atoms with Crippen molar-refractivity contribution in [2.75, 3.05) is 0 Å². The number of aromatic carboxylic acids is 1. The number of amides is 1. The minimum absolute atomic E-state index is 0.0427. The van der Waals surface area contributed by atoms with Crippen LogP contribution < -0.4 is 5.32 Å². The number of carboxylic acid groups (broad SMARTS) is 1. The van der Waals surface area contributed by atoms with Crippen molar-refractivity contribution in [3.05, 3.63) is 41.5 Å². The minimum Gasteiger partial charge on any atom is -0.476 e. The van der Waals surface area contributed by atoms with E-state index < -0.39 is 29.5 Å². The Balaban J connectivity index is 1.74. The number of imidazole rings is 1. The van der Waals surface area contributed by atoms with Crippen LogP contribution in [0.3, 0.4) is 0 Å². The van der Waals surface area contributed by atoms with Gasteiger partial charge in [-0.3, -0.25) is 0 Å². The summed E-state index contributed by atoms with van der Waals surface area (Å²) in [6.07, 6.45) is 4.60. The molecule has 1 atom stereocenters. The van der Waals surface area contributed by atoms with E-state index in [1.165, 1.54) is 12.3 Å². The lowest BCUT2D eigenvalue weighted by atomic mass is 9.79. The molecule has 3 N–H and O–H groups in total. The van der Waals surface area contributed by atoms with Crippen molar-refractivity contribution in [2.24, 2.45) is 11.8 Å². The van der Waals surface area contributed by atoms with Gasteiger partial charge in [0.15, 0.2) is 11.5 Å². The number of ether oxygens (including phenoxy) is 1. The monoisotopic (exact) mass is 497 g/mol. The molecule has 1 aliphatic carbocycles. The number of nitrogens with zero attached hydrogens (tertiary/aromatic N) is 3. The van der Waals surface area contributed by atoms with E-state index in [-0.39, 0.29) is 34.1 Å². The molecule has 1 aromatic carbocycles. The summed E-state index contributed by atoms with van der Waals surface area (Å²) in [5.74, 6) is -0.521. The molecule has 192 valence electrons. The third-order valence-electron chi connectivity index (χ3n) is 6.51. The van der Waals surface area contributed by atoms with Gasteiger partial charge in [-0.1, -0.05) is 19.8 Å². The molecule has 1 unspecified atom stereocenters. The number of carbonyl (C=O) groups excluding carboxylic acids is 1. The summed E-state index contributed by atoms with van der Waals surface area (Å²) in [7, 11) is 0. The van der Waals surface area contributed by atoms with Crippen molar-refractivity contribution in [3.63, 3.8) is 0 Å². The number of H-pyrrole nitrogens is 1. The van der Waals surface area contributed by atoms with Gasteiger partial charge in [-0.15, -0.1) is 0 Å². The molecule has 0 saturated heterocycles.